The quantitative estimate of drug-likeness (QED) is 0.143. The number of sulfonamides is 1. The van der Waals surface area contributed by atoms with Gasteiger partial charge in [-0.05, 0) is 85.3 Å². The van der Waals surface area contributed by atoms with Crippen LogP contribution in [0.15, 0.2) is 89.8 Å². The third-order valence-corrected chi connectivity index (χ3v) is 11.4. The fourth-order valence-electron chi connectivity index (χ4n) is 6.48. The molecule has 5 rings (SSSR count). The van der Waals surface area contributed by atoms with Crippen molar-refractivity contribution in [2.24, 2.45) is 0 Å². The normalized spacial score (nSPS) is 13.8. The van der Waals surface area contributed by atoms with Gasteiger partial charge in [0.1, 0.15) is 12.6 Å². The molecule has 0 radical (unpaired) electrons. The first kappa shape index (κ1) is 38.0. The van der Waals surface area contributed by atoms with Crippen LogP contribution in [-0.2, 0) is 32.6 Å². The molecule has 0 saturated heterocycles. The number of nitrogens with one attached hydrogen (secondary N) is 1. The van der Waals surface area contributed by atoms with Gasteiger partial charge < -0.3 is 19.7 Å². The third-order valence-electron chi connectivity index (χ3n) is 9.04. The maximum Gasteiger partial charge on any atom is 0.264 e. The molecule has 2 amide bonds. The summed E-state index contributed by atoms with van der Waals surface area (Å²) in [6.07, 6.45) is 3.92. The van der Waals surface area contributed by atoms with E-state index in [-0.39, 0.29) is 35.6 Å². The predicted molar refractivity (Wildman–Crippen MR) is 201 cm³/mol. The van der Waals surface area contributed by atoms with Crippen molar-refractivity contribution in [3.05, 3.63) is 117 Å². The maximum atomic E-state index is 14.9. The molecule has 1 N–H and O–H groups in total. The fraction of sp³-hybridized carbons (Fsp3) is 0.333. The van der Waals surface area contributed by atoms with Crippen molar-refractivity contribution in [3.63, 3.8) is 0 Å². The Balaban J connectivity index is 1.62. The molecule has 12 heteroatoms. The number of hydrogen-bond acceptors (Lipinski definition) is 6. The number of aryl methyl sites for hydroxylation is 2. The molecule has 1 aliphatic rings. The van der Waals surface area contributed by atoms with Crippen LogP contribution in [0.1, 0.15) is 47.9 Å². The number of carbonyl (C=O) groups excluding carboxylic acids is 2. The number of rotatable bonds is 14. The lowest BCUT2D eigenvalue weighted by atomic mass is 10.0. The SMILES string of the molecule is COc1ccc(S(=O)(=O)N(CC(=O)N(Cc2ccc(Cl)cc2Cl)C(Cc2ccccc2)C(=O)NC2CCCC2)c2cc(C)cc(C)c2)cc1OC. The zero-order chi connectivity index (χ0) is 36.7. The fourth-order valence-corrected chi connectivity index (χ4v) is 8.36. The number of ether oxygens (including phenoxy) is 2. The van der Waals surface area contributed by atoms with Crippen molar-refractivity contribution < 1.29 is 27.5 Å². The van der Waals surface area contributed by atoms with E-state index >= 15 is 0 Å². The Morgan fingerprint density at radius 2 is 1.53 bits per heavy atom. The smallest absolute Gasteiger partial charge is 0.264 e. The van der Waals surface area contributed by atoms with Crippen LogP contribution in [0, 0.1) is 13.8 Å². The van der Waals surface area contributed by atoms with E-state index in [9.17, 15) is 18.0 Å². The molecule has 0 spiro atoms. The Morgan fingerprint density at radius 3 is 2.16 bits per heavy atom. The van der Waals surface area contributed by atoms with E-state index in [4.69, 9.17) is 32.7 Å². The summed E-state index contributed by atoms with van der Waals surface area (Å²) < 4.78 is 41.0. The van der Waals surface area contributed by atoms with Crippen LogP contribution < -0.4 is 19.1 Å². The Hall–Kier alpha value is -4.25. The first-order valence-electron chi connectivity index (χ1n) is 16.8. The van der Waals surface area contributed by atoms with Crippen molar-refractivity contribution >= 4 is 50.7 Å². The van der Waals surface area contributed by atoms with Gasteiger partial charge in [-0.1, -0.05) is 78.5 Å². The molecule has 9 nitrogen and oxygen atoms in total. The number of halogens is 2. The number of anilines is 1. The summed E-state index contributed by atoms with van der Waals surface area (Å²) in [4.78, 5) is 30.5. The van der Waals surface area contributed by atoms with Crippen LogP contribution in [0.2, 0.25) is 10.0 Å². The largest absolute Gasteiger partial charge is 0.493 e. The van der Waals surface area contributed by atoms with E-state index in [1.807, 2.05) is 50.2 Å². The topological polar surface area (TPSA) is 105 Å². The van der Waals surface area contributed by atoms with E-state index < -0.39 is 28.5 Å². The molecule has 0 heterocycles. The number of nitrogens with zero attached hydrogens (tertiary/aromatic N) is 2. The molecule has 1 aliphatic carbocycles. The van der Waals surface area contributed by atoms with Crippen molar-refractivity contribution in [1.29, 1.82) is 0 Å². The minimum Gasteiger partial charge on any atom is -0.493 e. The highest BCUT2D eigenvalue weighted by Crippen LogP contribution is 2.33. The Kier molecular flexibility index (Phi) is 12.5. The first-order valence-corrected chi connectivity index (χ1v) is 19.0. The van der Waals surface area contributed by atoms with Gasteiger partial charge in [-0.15, -0.1) is 0 Å². The van der Waals surface area contributed by atoms with E-state index in [1.54, 1.807) is 30.3 Å². The summed E-state index contributed by atoms with van der Waals surface area (Å²) in [5.41, 5.74) is 3.32. The van der Waals surface area contributed by atoms with Crippen LogP contribution in [0.25, 0.3) is 0 Å². The minimum atomic E-state index is -4.38. The predicted octanol–water partition coefficient (Wildman–Crippen LogP) is 7.52. The molecule has 1 saturated carbocycles. The molecule has 0 aliphatic heterocycles. The Morgan fingerprint density at radius 1 is 0.863 bits per heavy atom. The van der Waals surface area contributed by atoms with Gasteiger partial charge in [0.15, 0.2) is 11.5 Å². The highest BCUT2D eigenvalue weighted by atomic mass is 35.5. The van der Waals surface area contributed by atoms with Gasteiger partial charge in [-0.3, -0.25) is 13.9 Å². The molecule has 4 aromatic rings. The summed E-state index contributed by atoms with van der Waals surface area (Å²) in [6.45, 7) is 3.05. The molecule has 4 aromatic carbocycles. The van der Waals surface area contributed by atoms with E-state index in [2.05, 4.69) is 5.32 Å². The second kappa shape index (κ2) is 16.8. The summed E-state index contributed by atoms with van der Waals surface area (Å²) in [7, 11) is -1.50. The second-order valence-electron chi connectivity index (χ2n) is 12.8. The number of benzene rings is 4. The van der Waals surface area contributed by atoms with E-state index in [0.717, 1.165) is 46.7 Å². The van der Waals surface area contributed by atoms with Crippen molar-refractivity contribution in [3.8, 4) is 11.5 Å². The van der Waals surface area contributed by atoms with Gasteiger partial charge in [0.25, 0.3) is 10.0 Å². The maximum absolute atomic E-state index is 14.9. The number of methoxy groups -OCH3 is 2. The molecular weight excluding hydrogens is 709 g/mol. The van der Waals surface area contributed by atoms with Gasteiger partial charge in [-0.25, -0.2) is 8.42 Å². The Labute approximate surface area is 310 Å². The lowest BCUT2D eigenvalue weighted by Crippen LogP contribution is -2.54. The molecule has 0 bridgehead atoms. The molecular formula is C39H43Cl2N3O6S. The van der Waals surface area contributed by atoms with Gasteiger partial charge in [0.05, 0.1) is 24.8 Å². The zero-order valence-electron chi connectivity index (χ0n) is 29.2. The Bertz CT molecular complexity index is 1950. The number of hydrogen-bond donors (Lipinski definition) is 1. The molecule has 0 aromatic heterocycles. The molecule has 1 fully saturated rings. The summed E-state index contributed by atoms with van der Waals surface area (Å²) in [5, 5.41) is 3.92. The second-order valence-corrected chi connectivity index (χ2v) is 15.5. The molecule has 51 heavy (non-hydrogen) atoms. The van der Waals surface area contributed by atoms with Crippen LogP contribution in [0.4, 0.5) is 5.69 Å². The van der Waals surface area contributed by atoms with E-state index in [1.165, 1.54) is 37.3 Å². The standard InChI is InChI=1S/C39H43Cl2N3O6S/c1-26-18-27(2)20-32(19-26)44(51(47,48)33-16-17-36(49-3)37(23-33)50-4)25-38(45)43(24-29-14-15-30(40)22-34(29)41)35(21-28-10-6-5-7-11-28)39(46)42-31-12-8-9-13-31/h5-7,10-11,14-20,22-23,31,35H,8-9,12-13,21,24-25H2,1-4H3,(H,42,46). The monoisotopic (exact) mass is 751 g/mol. The van der Waals surface area contributed by atoms with Gasteiger partial charge in [0.2, 0.25) is 11.8 Å². The van der Waals surface area contributed by atoms with Crippen LogP contribution in [0.3, 0.4) is 0 Å². The average Bonchev–Trinajstić information content (AvgIpc) is 3.62. The van der Waals surface area contributed by atoms with Crippen LogP contribution in [-0.4, -0.2) is 58.0 Å². The van der Waals surface area contributed by atoms with Gasteiger partial charge >= 0.3 is 0 Å². The summed E-state index contributed by atoms with van der Waals surface area (Å²) in [5.74, 6) is -0.332. The highest BCUT2D eigenvalue weighted by molar-refractivity contribution is 7.92. The van der Waals surface area contributed by atoms with Crippen molar-refractivity contribution in [2.75, 3.05) is 25.1 Å². The summed E-state index contributed by atoms with van der Waals surface area (Å²) >= 11 is 12.9. The molecule has 270 valence electrons. The minimum absolute atomic E-state index is 0.0101. The van der Waals surface area contributed by atoms with Gasteiger partial charge in [0, 0.05) is 35.1 Å². The average molecular weight is 753 g/mol. The van der Waals surface area contributed by atoms with Crippen LogP contribution in [0.5, 0.6) is 11.5 Å². The lowest BCUT2D eigenvalue weighted by molar-refractivity contribution is -0.140. The van der Waals surface area contributed by atoms with Crippen molar-refractivity contribution in [2.45, 2.75) is 69.5 Å². The van der Waals surface area contributed by atoms with Gasteiger partial charge in [-0.2, -0.15) is 0 Å². The van der Waals surface area contributed by atoms with E-state index in [0.29, 0.717) is 27.0 Å². The highest BCUT2D eigenvalue weighted by Gasteiger charge is 2.36. The zero-order valence-corrected chi connectivity index (χ0v) is 31.5. The van der Waals surface area contributed by atoms with Crippen LogP contribution >= 0.6 is 23.2 Å². The first-order chi connectivity index (χ1) is 24.4. The lowest BCUT2D eigenvalue weighted by Gasteiger charge is -2.34. The molecule has 1 unspecified atom stereocenters. The third kappa shape index (κ3) is 9.36. The molecule has 1 atom stereocenters. The van der Waals surface area contributed by atoms with Crippen molar-refractivity contribution in [1.82, 2.24) is 10.2 Å². The number of carbonyl (C=O) groups is 2. The number of amides is 2. The summed E-state index contributed by atoms with van der Waals surface area (Å²) in [6, 6.07) is 23.0.